The van der Waals surface area contributed by atoms with E-state index in [2.05, 4.69) is 55.5 Å². The van der Waals surface area contributed by atoms with E-state index < -0.39 is 13.5 Å². The normalized spacial score (nSPS) is 30.8. The first-order valence-corrected chi connectivity index (χ1v) is 9.50. The molecule has 0 saturated carbocycles. The van der Waals surface area contributed by atoms with Crippen molar-refractivity contribution in [3.63, 3.8) is 0 Å². The van der Waals surface area contributed by atoms with Crippen LogP contribution in [0.5, 0.6) is 0 Å². The van der Waals surface area contributed by atoms with Crippen molar-refractivity contribution in [1.29, 1.82) is 0 Å². The number of fused-ring (bicyclic) bond motifs is 1. The third kappa shape index (κ3) is 1.42. The van der Waals surface area contributed by atoms with E-state index in [9.17, 15) is 0 Å². The number of oxime groups is 1. The summed E-state index contributed by atoms with van der Waals surface area (Å²) in [6.07, 6.45) is 1.03. The van der Waals surface area contributed by atoms with Crippen LogP contribution in [0.2, 0.25) is 13.1 Å². The highest BCUT2D eigenvalue weighted by Gasteiger charge is 2.63. The number of nitrogens with zero attached hydrogens (tertiary/aromatic N) is 1. The molecule has 0 radical (unpaired) electrons. The molecule has 1 fully saturated rings. The summed E-state index contributed by atoms with van der Waals surface area (Å²) >= 11 is 0. The summed E-state index contributed by atoms with van der Waals surface area (Å²) in [5.74, 6) is 0.333. The van der Waals surface area contributed by atoms with Crippen LogP contribution < -0.4 is 5.19 Å². The summed E-state index contributed by atoms with van der Waals surface area (Å²) < 4.78 is 6.08. The molecule has 96 valence electrons. The smallest absolute Gasteiger partial charge is 0.229 e. The lowest BCUT2D eigenvalue weighted by Crippen LogP contribution is -2.65. The molecule has 3 rings (SSSR count). The lowest BCUT2D eigenvalue weighted by atomic mass is 10.0. The van der Waals surface area contributed by atoms with Gasteiger partial charge in [0.25, 0.3) is 0 Å². The first-order chi connectivity index (χ1) is 8.58. The highest BCUT2D eigenvalue weighted by Crippen LogP contribution is 2.45. The van der Waals surface area contributed by atoms with Gasteiger partial charge in [-0.15, -0.1) is 0 Å². The van der Waals surface area contributed by atoms with Gasteiger partial charge in [-0.2, -0.15) is 0 Å². The Hall–Kier alpha value is -1.13. The molecule has 2 aliphatic rings. The Kier molecular flexibility index (Phi) is 2.61. The summed E-state index contributed by atoms with van der Waals surface area (Å²) in [4.78, 5) is 5.82. The van der Waals surface area contributed by atoms with Gasteiger partial charge in [-0.25, -0.2) is 0 Å². The van der Waals surface area contributed by atoms with E-state index in [0.717, 1.165) is 18.7 Å². The summed E-state index contributed by atoms with van der Waals surface area (Å²) in [6.45, 7) is 7.46. The van der Waals surface area contributed by atoms with E-state index in [1.165, 1.54) is 5.19 Å². The van der Waals surface area contributed by atoms with Crippen molar-refractivity contribution in [2.75, 3.05) is 6.61 Å². The standard InChI is InChI=1S/C14H19NO2Si/c1-11-13-9-10-16-14(13,17-15-11)18(2,3)12-7-5-4-6-8-12/h4-8,13H,9-10H2,1-3H3/t13-,14-/m1/s1. The molecular formula is C14H19NO2Si. The van der Waals surface area contributed by atoms with Crippen LogP contribution in [-0.2, 0) is 9.57 Å². The fraction of sp³-hybridized carbons (Fsp3) is 0.500. The maximum absolute atomic E-state index is 6.08. The van der Waals surface area contributed by atoms with Crippen molar-refractivity contribution in [1.82, 2.24) is 0 Å². The highest BCUT2D eigenvalue weighted by atomic mass is 28.3. The van der Waals surface area contributed by atoms with Gasteiger partial charge < -0.3 is 9.57 Å². The largest absolute Gasteiger partial charge is 0.364 e. The Labute approximate surface area is 109 Å². The molecule has 2 atom stereocenters. The van der Waals surface area contributed by atoms with E-state index in [0.29, 0.717) is 5.92 Å². The van der Waals surface area contributed by atoms with Crippen molar-refractivity contribution in [2.45, 2.75) is 31.8 Å². The van der Waals surface area contributed by atoms with Gasteiger partial charge in [0.2, 0.25) is 5.41 Å². The number of ether oxygens (including phenoxy) is 1. The third-order valence-electron chi connectivity index (χ3n) is 4.38. The van der Waals surface area contributed by atoms with Crippen LogP contribution in [-0.4, -0.2) is 25.8 Å². The van der Waals surface area contributed by atoms with Crippen molar-refractivity contribution >= 4 is 19.0 Å². The van der Waals surface area contributed by atoms with Gasteiger partial charge >= 0.3 is 0 Å². The van der Waals surface area contributed by atoms with Crippen molar-refractivity contribution in [2.24, 2.45) is 11.1 Å². The second-order valence-corrected chi connectivity index (χ2v) is 10.2. The number of rotatable bonds is 2. The van der Waals surface area contributed by atoms with Crippen molar-refractivity contribution in [3.05, 3.63) is 30.3 Å². The maximum atomic E-state index is 6.08. The molecular weight excluding hydrogens is 242 g/mol. The van der Waals surface area contributed by atoms with Crippen LogP contribution in [0.15, 0.2) is 35.5 Å². The monoisotopic (exact) mass is 261 g/mol. The Balaban J connectivity index is 2.04. The predicted molar refractivity (Wildman–Crippen MR) is 74.5 cm³/mol. The van der Waals surface area contributed by atoms with E-state index in [1.54, 1.807) is 0 Å². The van der Waals surface area contributed by atoms with E-state index in [-0.39, 0.29) is 0 Å². The molecule has 0 N–H and O–H groups in total. The first kappa shape index (κ1) is 11.9. The molecule has 0 spiro atoms. The van der Waals surface area contributed by atoms with E-state index in [1.807, 2.05) is 0 Å². The van der Waals surface area contributed by atoms with Gasteiger partial charge in [-0.05, 0) is 13.3 Å². The summed E-state index contributed by atoms with van der Waals surface area (Å²) in [5, 5.41) is 5.57. The van der Waals surface area contributed by atoms with Crippen LogP contribution in [0.25, 0.3) is 0 Å². The lowest BCUT2D eigenvalue weighted by molar-refractivity contribution is -0.152. The van der Waals surface area contributed by atoms with Crippen LogP contribution in [0, 0.1) is 5.92 Å². The van der Waals surface area contributed by atoms with Crippen LogP contribution >= 0.6 is 0 Å². The fourth-order valence-electron chi connectivity index (χ4n) is 3.18. The number of benzene rings is 1. The fourth-order valence-corrected chi connectivity index (χ4v) is 6.57. The third-order valence-corrected chi connectivity index (χ3v) is 8.48. The Morgan fingerprint density at radius 2 is 2.00 bits per heavy atom. The van der Waals surface area contributed by atoms with Crippen LogP contribution in [0.3, 0.4) is 0 Å². The molecule has 1 aromatic rings. The average molecular weight is 261 g/mol. The Morgan fingerprint density at radius 1 is 1.28 bits per heavy atom. The summed E-state index contributed by atoms with van der Waals surface area (Å²) in [5.41, 5.74) is 0.599. The Morgan fingerprint density at radius 3 is 2.72 bits per heavy atom. The zero-order valence-electron chi connectivity index (χ0n) is 11.1. The van der Waals surface area contributed by atoms with Gasteiger partial charge in [0.15, 0.2) is 8.07 Å². The minimum Gasteiger partial charge on any atom is -0.364 e. The second kappa shape index (κ2) is 3.93. The zero-order chi connectivity index (χ0) is 12.8. The Bertz CT molecular complexity index is 486. The number of hydrogen-bond acceptors (Lipinski definition) is 3. The molecule has 0 bridgehead atoms. The maximum Gasteiger partial charge on any atom is 0.229 e. The summed E-state index contributed by atoms with van der Waals surface area (Å²) in [7, 11) is -1.90. The van der Waals surface area contributed by atoms with E-state index >= 15 is 0 Å². The highest BCUT2D eigenvalue weighted by molar-refractivity contribution is 6.92. The molecule has 3 nitrogen and oxygen atoms in total. The number of hydrogen-bond donors (Lipinski definition) is 0. The van der Waals surface area contributed by atoms with Crippen molar-refractivity contribution < 1.29 is 9.57 Å². The topological polar surface area (TPSA) is 30.8 Å². The predicted octanol–water partition coefficient (Wildman–Crippen LogP) is 2.28. The lowest BCUT2D eigenvalue weighted by Gasteiger charge is -2.39. The second-order valence-electron chi connectivity index (χ2n) is 5.67. The zero-order valence-corrected chi connectivity index (χ0v) is 12.1. The van der Waals surface area contributed by atoms with Crippen LogP contribution in [0.1, 0.15) is 13.3 Å². The molecule has 0 unspecified atom stereocenters. The molecule has 18 heavy (non-hydrogen) atoms. The first-order valence-electron chi connectivity index (χ1n) is 6.50. The molecule has 2 aliphatic heterocycles. The molecule has 0 aromatic heterocycles. The van der Waals surface area contributed by atoms with Gasteiger partial charge in [0, 0.05) is 0 Å². The SMILES string of the molecule is CC1=NO[C@]2([Si](C)(C)c3ccccc3)OCC[C@H]12. The molecule has 2 heterocycles. The van der Waals surface area contributed by atoms with Gasteiger partial charge in [-0.3, -0.25) is 0 Å². The average Bonchev–Trinajstić information content (AvgIpc) is 2.93. The molecule has 1 aromatic carbocycles. The van der Waals surface area contributed by atoms with Crippen molar-refractivity contribution in [3.8, 4) is 0 Å². The molecule has 0 aliphatic carbocycles. The molecule has 4 heteroatoms. The molecule has 1 saturated heterocycles. The van der Waals surface area contributed by atoms with Gasteiger partial charge in [0.05, 0.1) is 18.2 Å². The molecule has 0 amide bonds. The van der Waals surface area contributed by atoms with Gasteiger partial charge in [0.1, 0.15) is 0 Å². The van der Waals surface area contributed by atoms with E-state index in [4.69, 9.17) is 9.57 Å². The minimum absolute atomic E-state index is 0.333. The minimum atomic E-state index is -1.90. The summed E-state index contributed by atoms with van der Waals surface area (Å²) in [6, 6.07) is 10.6. The quantitative estimate of drug-likeness (QED) is 0.765. The van der Waals surface area contributed by atoms with Crippen LogP contribution in [0.4, 0.5) is 0 Å². The van der Waals surface area contributed by atoms with Gasteiger partial charge in [-0.1, -0.05) is 53.8 Å².